The molecule has 6 nitrogen and oxygen atoms in total. The summed E-state index contributed by atoms with van der Waals surface area (Å²) < 4.78 is 5.18. The van der Waals surface area contributed by atoms with Gasteiger partial charge in [-0.1, -0.05) is 13.8 Å². The van der Waals surface area contributed by atoms with Crippen molar-refractivity contribution >= 4 is 16.7 Å². The maximum atomic E-state index is 5.18. The molecule has 3 aromatic rings. The molecule has 3 heterocycles. The third-order valence-electron chi connectivity index (χ3n) is 5.59. The minimum Gasteiger partial charge on any atom is -0.481 e. The van der Waals surface area contributed by atoms with Gasteiger partial charge in [0.25, 0.3) is 0 Å². The number of piperidine rings is 1. The van der Waals surface area contributed by atoms with E-state index in [1.807, 2.05) is 39.2 Å². The fourth-order valence-electron chi connectivity index (χ4n) is 4.06. The monoisotopic (exact) mass is 407 g/mol. The average molecular weight is 408 g/mol. The lowest BCUT2D eigenvalue weighted by Gasteiger charge is -2.33. The molecule has 6 heteroatoms. The Hall–Kier alpha value is -2.73. The molecular formula is C24H33N5O. The number of aromatic nitrogens is 3. The number of benzene rings is 1. The minimum atomic E-state index is 0.620. The van der Waals surface area contributed by atoms with E-state index in [9.17, 15) is 0 Å². The van der Waals surface area contributed by atoms with Crippen molar-refractivity contribution in [2.45, 2.75) is 33.6 Å². The van der Waals surface area contributed by atoms with Crippen molar-refractivity contribution in [3.05, 3.63) is 42.4 Å². The topological polar surface area (TPSA) is 63.2 Å². The summed E-state index contributed by atoms with van der Waals surface area (Å²) in [6.07, 6.45) is 5.92. The molecule has 0 amide bonds. The highest BCUT2D eigenvalue weighted by atomic mass is 16.5. The van der Waals surface area contributed by atoms with Crippen LogP contribution in [0.2, 0.25) is 0 Å². The summed E-state index contributed by atoms with van der Waals surface area (Å²) in [5, 5.41) is 4.42. The molecule has 160 valence electrons. The number of nitrogens with zero attached hydrogens (tertiary/aromatic N) is 4. The van der Waals surface area contributed by atoms with E-state index in [0.717, 1.165) is 59.0 Å². The second-order valence-corrected chi connectivity index (χ2v) is 7.46. The van der Waals surface area contributed by atoms with Crippen molar-refractivity contribution in [2.24, 2.45) is 5.92 Å². The zero-order valence-corrected chi connectivity index (χ0v) is 18.8. The van der Waals surface area contributed by atoms with Gasteiger partial charge in [0, 0.05) is 36.3 Å². The van der Waals surface area contributed by atoms with Crippen molar-refractivity contribution in [1.82, 2.24) is 20.3 Å². The summed E-state index contributed by atoms with van der Waals surface area (Å²) in [4.78, 5) is 16.0. The average Bonchev–Trinajstić information content (AvgIpc) is 2.81. The second kappa shape index (κ2) is 10.3. The summed E-state index contributed by atoms with van der Waals surface area (Å²) in [6.45, 7) is 9.27. The van der Waals surface area contributed by atoms with E-state index < -0.39 is 0 Å². The molecule has 1 aliphatic rings. The number of aryl methyl sites for hydroxylation is 1. The highest BCUT2D eigenvalue weighted by molar-refractivity contribution is 5.95. The smallest absolute Gasteiger partial charge is 0.212 e. The third-order valence-corrected chi connectivity index (χ3v) is 5.59. The predicted octanol–water partition coefficient (Wildman–Crippen LogP) is 4.47. The standard InChI is InChI=1S/C22H27N5O.C2H6/c1-15-10-18(17-4-5-20(28-3)24-13-17)11-19-21(15)25-14-26-22(19)27-8-6-16(7-9-27)12-23-2;1-2/h4-5,10-11,13-14,16,23H,6-9,12H2,1-3H3;1-2H3. The van der Waals surface area contributed by atoms with Crippen LogP contribution in [0.25, 0.3) is 22.0 Å². The predicted molar refractivity (Wildman–Crippen MR) is 124 cm³/mol. The number of nitrogens with one attached hydrogen (secondary N) is 1. The largest absolute Gasteiger partial charge is 0.481 e. The van der Waals surface area contributed by atoms with Gasteiger partial charge in [0.2, 0.25) is 5.88 Å². The van der Waals surface area contributed by atoms with Crippen LogP contribution in [0.15, 0.2) is 36.8 Å². The maximum Gasteiger partial charge on any atom is 0.212 e. The maximum absolute atomic E-state index is 5.18. The molecule has 1 aromatic carbocycles. The lowest BCUT2D eigenvalue weighted by molar-refractivity contribution is 0.392. The van der Waals surface area contributed by atoms with E-state index in [1.54, 1.807) is 13.4 Å². The van der Waals surface area contributed by atoms with Gasteiger partial charge < -0.3 is 15.0 Å². The van der Waals surface area contributed by atoms with Gasteiger partial charge in [-0.15, -0.1) is 0 Å². The Morgan fingerprint density at radius 1 is 1.07 bits per heavy atom. The molecule has 0 bridgehead atoms. The quantitative estimate of drug-likeness (QED) is 0.673. The van der Waals surface area contributed by atoms with E-state index >= 15 is 0 Å². The minimum absolute atomic E-state index is 0.620. The van der Waals surface area contributed by atoms with Gasteiger partial charge in [-0.3, -0.25) is 0 Å². The van der Waals surface area contributed by atoms with Gasteiger partial charge >= 0.3 is 0 Å². The highest BCUT2D eigenvalue weighted by Gasteiger charge is 2.22. The van der Waals surface area contributed by atoms with Crippen molar-refractivity contribution in [2.75, 3.05) is 38.7 Å². The molecule has 0 unspecified atom stereocenters. The van der Waals surface area contributed by atoms with Gasteiger partial charge in [-0.25, -0.2) is 15.0 Å². The molecular weight excluding hydrogens is 374 g/mol. The molecule has 4 rings (SSSR count). The van der Waals surface area contributed by atoms with E-state index in [-0.39, 0.29) is 0 Å². The Kier molecular flexibility index (Phi) is 7.57. The third kappa shape index (κ3) is 4.70. The molecule has 1 fully saturated rings. The molecule has 0 radical (unpaired) electrons. The molecule has 0 saturated carbocycles. The zero-order chi connectivity index (χ0) is 21.5. The van der Waals surface area contributed by atoms with Crippen molar-refractivity contribution in [3.8, 4) is 17.0 Å². The molecule has 1 N–H and O–H groups in total. The Morgan fingerprint density at radius 2 is 1.83 bits per heavy atom. The first kappa shape index (κ1) is 22.0. The normalized spacial score (nSPS) is 14.4. The number of hydrogen-bond acceptors (Lipinski definition) is 6. The van der Waals surface area contributed by atoms with Crippen LogP contribution in [0.5, 0.6) is 5.88 Å². The van der Waals surface area contributed by atoms with E-state index in [1.165, 1.54) is 12.8 Å². The molecule has 1 aliphatic heterocycles. The number of fused-ring (bicyclic) bond motifs is 1. The summed E-state index contributed by atoms with van der Waals surface area (Å²) in [5.41, 5.74) is 4.36. The molecule has 0 spiro atoms. The first-order chi connectivity index (χ1) is 14.7. The van der Waals surface area contributed by atoms with Gasteiger partial charge in [-0.05, 0) is 68.6 Å². The fourth-order valence-corrected chi connectivity index (χ4v) is 4.06. The molecule has 0 aliphatic carbocycles. The number of ether oxygens (including phenoxy) is 1. The zero-order valence-electron chi connectivity index (χ0n) is 18.8. The van der Waals surface area contributed by atoms with Gasteiger partial charge in [-0.2, -0.15) is 0 Å². The lowest BCUT2D eigenvalue weighted by Crippen LogP contribution is -2.37. The SMILES string of the molecule is CC.CNCC1CCN(c2ncnc3c(C)cc(-c4ccc(OC)nc4)cc23)CC1. The van der Waals surface area contributed by atoms with Crippen LogP contribution in [0.4, 0.5) is 5.82 Å². The van der Waals surface area contributed by atoms with Crippen LogP contribution in [0.3, 0.4) is 0 Å². The van der Waals surface area contributed by atoms with Gasteiger partial charge in [0.15, 0.2) is 0 Å². The first-order valence-corrected chi connectivity index (χ1v) is 10.8. The Labute approximate surface area is 179 Å². The van der Waals surface area contributed by atoms with Crippen LogP contribution in [-0.4, -0.2) is 48.7 Å². The van der Waals surface area contributed by atoms with Crippen LogP contribution >= 0.6 is 0 Å². The van der Waals surface area contributed by atoms with Crippen LogP contribution in [0.1, 0.15) is 32.3 Å². The number of anilines is 1. The van der Waals surface area contributed by atoms with Crippen molar-refractivity contribution in [1.29, 1.82) is 0 Å². The number of methoxy groups -OCH3 is 1. The number of pyridine rings is 1. The molecule has 30 heavy (non-hydrogen) atoms. The highest BCUT2D eigenvalue weighted by Crippen LogP contribution is 2.33. The summed E-state index contributed by atoms with van der Waals surface area (Å²) >= 11 is 0. The Bertz CT molecular complexity index is 950. The first-order valence-electron chi connectivity index (χ1n) is 10.8. The molecule has 2 aromatic heterocycles. The van der Waals surface area contributed by atoms with E-state index in [4.69, 9.17) is 4.74 Å². The van der Waals surface area contributed by atoms with E-state index in [2.05, 4.69) is 44.2 Å². The van der Waals surface area contributed by atoms with Crippen molar-refractivity contribution in [3.63, 3.8) is 0 Å². The molecule has 0 atom stereocenters. The van der Waals surface area contributed by atoms with Gasteiger partial charge in [0.05, 0.1) is 12.6 Å². The second-order valence-electron chi connectivity index (χ2n) is 7.46. The molecule has 1 saturated heterocycles. The number of hydrogen-bond donors (Lipinski definition) is 1. The van der Waals surface area contributed by atoms with Crippen molar-refractivity contribution < 1.29 is 4.74 Å². The van der Waals surface area contributed by atoms with Gasteiger partial charge in [0.1, 0.15) is 12.1 Å². The lowest BCUT2D eigenvalue weighted by atomic mass is 9.96. The summed E-state index contributed by atoms with van der Waals surface area (Å²) in [5.74, 6) is 2.41. The van der Waals surface area contributed by atoms with E-state index in [0.29, 0.717) is 5.88 Å². The fraction of sp³-hybridized carbons (Fsp3) is 0.458. The summed E-state index contributed by atoms with van der Waals surface area (Å²) in [7, 11) is 3.66. The van der Waals surface area contributed by atoms with Crippen LogP contribution in [-0.2, 0) is 0 Å². The summed E-state index contributed by atoms with van der Waals surface area (Å²) in [6, 6.07) is 8.30. The number of rotatable bonds is 5. The van der Waals surface area contributed by atoms with Crippen LogP contribution in [0, 0.1) is 12.8 Å². The Morgan fingerprint density at radius 3 is 2.47 bits per heavy atom. The van der Waals surface area contributed by atoms with Crippen LogP contribution < -0.4 is 15.0 Å². The Balaban J connectivity index is 0.00000124.